The van der Waals surface area contributed by atoms with E-state index in [1.807, 2.05) is 0 Å². The number of aromatic nitrogens is 1. The van der Waals surface area contributed by atoms with Crippen molar-refractivity contribution in [3.8, 4) is 0 Å². The number of hydrogen-bond donors (Lipinski definition) is 5. The minimum absolute atomic E-state index is 0.246. The first-order valence-corrected chi connectivity index (χ1v) is 5.25. The summed E-state index contributed by atoms with van der Waals surface area (Å²) < 4.78 is 0. The molecule has 1 heterocycles. The van der Waals surface area contributed by atoms with Crippen LogP contribution in [0.2, 0.25) is 0 Å². The molecule has 0 saturated heterocycles. The maximum Gasteiger partial charge on any atom is 0.390 e. The number of hydrogen-bond acceptors (Lipinski definition) is 11. The van der Waals surface area contributed by atoms with Gasteiger partial charge in [-0.3, -0.25) is 15.5 Å². The van der Waals surface area contributed by atoms with Crippen molar-refractivity contribution in [2.75, 3.05) is 0 Å². The predicted octanol–water partition coefficient (Wildman–Crippen LogP) is -1.57. The molecule has 0 aromatic carbocycles. The molecule has 0 saturated carbocycles. The van der Waals surface area contributed by atoms with E-state index in [2.05, 4.69) is 4.98 Å². The Morgan fingerprint density at radius 3 is 1.88 bits per heavy atom. The zero-order valence-corrected chi connectivity index (χ0v) is 11.4. The lowest BCUT2D eigenvalue weighted by molar-refractivity contribution is -0.410. The second-order valence-corrected chi connectivity index (χ2v) is 3.57. The summed E-state index contributed by atoms with van der Waals surface area (Å²) in [6.45, 7) is 0. The van der Waals surface area contributed by atoms with Crippen molar-refractivity contribution in [1.82, 2.24) is 10.1 Å². The first-order valence-electron chi connectivity index (χ1n) is 5.25. The zero-order valence-electron chi connectivity index (χ0n) is 11.4. The Hall–Kier alpha value is -3.99. The van der Waals surface area contributed by atoms with Gasteiger partial charge in [-0.05, 0) is 9.85 Å². The monoisotopic (exact) mass is 347 g/mol. The fourth-order valence-electron chi connectivity index (χ4n) is 1.08. The van der Waals surface area contributed by atoms with E-state index in [9.17, 15) is 35.1 Å². The summed E-state index contributed by atoms with van der Waals surface area (Å²) in [5, 5.41) is 47.0. The summed E-state index contributed by atoms with van der Waals surface area (Å²) >= 11 is 0. The highest BCUT2D eigenvalue weighted by molar-refractivity contribution is 5.96. The van der Waals surface area contributed by atoms with Gasteiger partial charge in [0.2, 0.25) is 11.5 Å². The third-order valence-electron chi connectivity index (χ3n) is 2.01. The summed E-state index contributed by atoms with van der Waals surface area (Å²) in [6, 6.07) is 0.246. The van der Waals surface area contributed by atoms with Gasteiger partial charge in [0, 0.05) is 4.98 Å². The zero-order chi connectivity index (χ0) is 19.2. The summed E-state index contributed by atoms with van der Waals surface area (Å²) in [5.74, 6) is 4.43. The number of hydrazine groups is 2. The van der Waals surface area contributed by atoms with E-state index in [1.165, 1.54) is 0 Å². The third-order valence-corrected chi connectivity index (χ3v) is 2.01. The highest BCUT2D eigenvalue weighted by atomic mass is 16.6. The molecule has 0 amide bonds. The van der Waals surface area contributed by atoms with Crippen molar-refractivity contribution in [2.45, 2.75) is 0 Å². The van der Waals surface area contributed by atoms with Crippen LogP contribution in [0.3, 0.4) is 0 Å². The number of nitrogens with two attached hydrogens (primary N) is 3. The van der Waals surface area contributed by atoms with E-state index < -0.39 is 43.6 Å². The topological polar surface area (TPSA) is 285 Å². The lowest BCUT2D eigenvalue weighted by atomic mass is 10.2. The molecule has 0 aliphatic heterocycles. The van der Waals surface area contributed by atoms with Gasteiger partial charge in [0.25, 0.3) is 0 Å². The summed E-state index contributed by atoms with van der Waals surface area (Å²) in [4.78, 5) is 41.2. The third kappa shape index (κ3) is 5.09. The van der Waals surface area contributed by atoms with E-state index in [-0.39, 0.29) is 12.0 Å². The number of nitro groups is 3. The molecular formula is C7H9N9O8. The minimum atomic E-state index is -1.98. The van der Waals surface area contributed by atoms with Gasteiger partial charge >= 0.3 is 23.3 Å². The molecule has 17 heteroatoms. The fourth-order valence-corrected chi connectivity index (χ4v) is 1.08. The van der Waals surface area contributed by atoms with Gasteiger partial charge in [-0.2, -0.15) is 0 Å². The van der Waals surface area contributed by atoms with Gasteiger partial charge in [0.15, 0.2) is 0 Å². The average Bonchev–Trinajstić information content (AvgIpc) is 2.45. The summed E-state index contributed by atoms with van der Waals surface area (Å²) in [6.07, 6.45) is 0. The Morgan fingerprint density at radius 1 is 1.17 bits per heavy atom. The number of carbonyl (C=O) groups is 1. The number of aromatic carboxylic acids is 1. The molecule has 1 aromatic heterocycles. The van der Waals surface area contributed by atoms with Crippen LogP contribution >= 0.6 is 0 Å². The molecule has 24 heavy (non-hydrogen) atoms. The summed E-state index contributed by atoms with van der Waals surface area (Å²) in [7, 11) is 0. The maximum absolute atomic E-state index is 10.7. The molecule has 0 unspecified atom stereocenters. The highest BCUT2D eigenvalue weighted by Crippen LogP contribution is 2.30. The summed E-state index contributed by atoms with van der Waals surface area (Å²) in [5.41, 5.74) is 2.12. The average molecular weight is 347 g/mol. The molecule has 0 atom stereocenters. The van der Waals surface area contributed by atoms with Crippen LogP contribution in [0, 0.1) is 35.8 Å². The molecule has 1 aromatic rings. The lowest BCUT2D eigenvalue weighted by Crippen LogP contribution is -2.47. The molecular weight excluding hydrogens is 338 g/mol. The Morgan fingerprint density at radius 2 is 1.62 bits per heavy atom. The first kappa shape index (κ1) is 20.0. The standard InChI is InChI=1S/C6H2N4O8.CH7N5/c11-6(12)4-2(8(13)14)1-3(9(15)16)7-5(4)10(17)18;2-1(3)6(4)5/h1H,(H,11,12);4-5H2,(H3,2,3). The van der Waals surface area contributed by atoms with Crippen LogP contribution in [-0.4, -0.2) is 41.9 Å². The maximum atomic E-state index is 10.7. The quantitative estimate of drug-likeness (QED) is 0.135. The van der Waals surface area contributed by atoms with Crippen molar-refractivity contribution in [2.24, 2.45) is 17.4 Å². The number of carboxylic acids is 1. The van der Waals surface area contributed by atoms with E-state index >= 15 is 0 Å². The second kappa shape index (κ2) is 7.86. The molecule has 8 N–H and O–H groups in total. The minimum Gasteiger partial charge on any atom is -0.477 e. The van der Waals surface area contributed by atoms with Gasteiger partial charge < -0.3 is 31.1 Å². The molecule has 0 spiro atoms. The van der Waals surface area contributed by atoms with Crippen LogP contribution in [0.1, 0.15) is 10.4 Å². The molecule has 0 fully saturated rings. The van der Waals surface area contributed by atoms with Crippen LogP contribution in [0.25, 0.3) is 0 Å². The Bertz CT molecular complexity index is 681. The van der Waals surface area contributed by atoms with Crippen molar-refractivity contribution < 1.29 is 24.7 Å². The van der Waals surface area contributed by atoms with Crippen LogP contribution in [0.15, 0.2) is 6.07 Å². The van der Waals surface area contributed by atoms with E-state index in [4.69, 9.17) is 27.9 Å². The van der Waals surface area contributed by atoms with Crippen LogP contribution in [0.5, 0.6) is 0 Å². The first-order chi connectivity index (χ1) is 10.9. The van der Waals surface area contributed by atoms with E-state index in [1.54, 1.807) is 0 Å². The molecule has 0 aliphatic carbocycles. The Kier molecular flexibility index (Phi) is 6.55. The van der Waals surface area contributed by atoms with Gasteiger partial charge in [0.1, 0.15) is 6.07 Å². The van der Waals surface area contributed by atoms with Gasteiger partial charge in [0.05, 0.1) is 4.92 Å². The van der Waals surface area contributed by atoms with Crippen molar-refractivity contribution in [1.29, 1.82) is 5.41 Å². The number of pyridine rings is 1. The van der Waals surface area contributed by atoms with Gasteiger partial charge in [-0.1, -0.05) is 0 Å². The van der Waals surface area contributed by atoms with Crippen molar-refractivity contribution in [3.05, 3.63) is 42.0 Å². The largest absolute Gasteiger partial charge is 0.477 e. The second-order valence-electron chi connectivity index (χ2n) is 3.57. The number of nitrogens with one attached hydrogen (secondary N) is 1. The van der Waals surface area contributed by atoms with Gasteiger partial charge in [-0.15, -0.1) is 0 Å². The Balaban J connectivity index is 0.000000754. The number of nitrogens with zero attached hydrogens (tertiary/aromatic N) is 5. The van der Waals surface area contributed by atoms with Crippen molar-refractivity contribution >= 4 is 29.3 Å². The molecule has 17 nitrogen and oxygen atoms in total. The predicted molar refractivity (Wildman–Crippen MR) is 73.3 cm³/mol. The number of carboxylic acid groups (broad SMARTS) is 1. The van der Waals surface area contributed by atoms with Crippen LogP contribution in [0.4, 0.5) is 17.3 Å². The molecule has 130 valence electrons. The molecule has 0 radical (unpaired) electrons. The van der Waals surface area contributed by atoms with Gasteiger partial charge in [-0.25, -0.2) is 21.6 Å². The molecule has 0 bridgehead atoms. The van der Waals surface area contributed by atoms with Crippen molar-refractivity contribution in [3.63, 3.8) is 0 Å². The lowest BCUT2D eigenvalue weighted by Gasteiger charge is -2.04. The molecule has 0 aliphatic rings. The molecule has 1 rings (SSSR count). The fraction of sp³-hybridized carbons (Fsp3) is 0. The van der Waals surface area contributed by atoms with Crippen LogP contribution < -0.4 is 17.4 Å². The normalized spacial score (nSPS) is 9.25. The van der Waals surface area contributed by atoms with E-state index in [0.717, 1.165) is 0 Å². The smallest absolute Gasteiger partial charge is 0.390 e. The Labute approximate surface area is 130 Å². The highest BCUT2D eigenvalue weighted by Gasteiger charge is 2.36. The SMILES string of the molecule is N=C(N)N(N)N.O=C(O)c1c([N+](=O)[O-])cc([N+](=O)[O-])nc1[N+](=O)[O-]. The number of rotatable bonds is 4. The number of guanidine groups is 1. The van der Waals surface area contributed by atoms with Crippen LogP contribution in [-0.2, 0) is 0 Å². The van der Waals surface area contributed by atoms with E-state index in [0.29, 0.717) is 5.12 Å².